The third-order valence-corrected chi connectivity index (χ3v) is 6.19. The molecule has 1 N–H and O–H groups in total. The zero-order chi connectivity index (χ0) is 21.5. The Labute approximate surface area is 174 Å². The van der Waals surface area contributed by atoms with Crippen LogP contribution in [0, 0.1) is 0 Å². The molecule has 30 heavy (non-hydrogen) atoms. The predicted molar refractivity (Wildman–Crippen MR) is 116 cm³/mol. The Balaban J connectivity index is 1.67. The van der Waals surface area contributed by atoms with Crippen LogP contribution in [0.1, 0.15) is 43.0 Å². The van der Waals surface area contributed by atoms with Crippen LogP contribution >= 0.6 is 0 Å². The first kappa shape index (κ1) is 20.5. The van der Waals surface area contributed by atoms with Crippen LogP contribution in [-0.2, 0) is 6.18 Å². The van der Waals surface area contributed by atoms with Crippen molar-refractivity contribution in [2.45, 2.75) is 32.5 Å². The molecule has 0 spiro atoms. The van der Waals surface area contributed by atoms with Crippen LogP contribution in [0.25, 0.3) is 16.5 Å². The normalized spacial score (nSPS) is 18.6. The fraction of sp³-hybridized carbons (Fsp3) is 0.280. The van der Waals surface area contributed by atoms with Crippen LogP contribution in [-0.4, -0.2) is 23.0 Å². The molecule has 1 unspecified atom stereocenters. The minimum Gasteiger partial charge on any atom is -0.361 e. The molecule has 0 radical (unpaired) electrons. The Kier molecular flexibility index (Phi) is 5.33. The summed E-state index contributed by atoms with van der Waals surface area (Å²) >= 11 is 0. The summed E-state index contributed by atoms with van der Waals surface area (Å²) in [6.07, 6.45) is -1.69. The Morgan fingerprint density at radius 1 is 1.13 bits per heavy atom. The van der Waals surface area contributed by atoms with Crippen molar-refractivity contribution in [3.63, 3.8) is 0 Å². The number of hydrogen-bond donors (Lipinski definition) is 1. The fourth-order valence-corrected chi connectivity index (χ4v) is 4.31. The average molecular weight is 410 g/mol. The van der Waals surface area contributed by atoms with E-state index in [1.807, 2.05) is 19.2 Å². The van der Waals surface area contributed by atoms with Crippen molar-refractivity contribution in [2.24, 2.45) is 0 Å². The zero-order valence-electron chi connectivity index (χ0n) is 17.2. The van der Waals surface area contributed by atoms with E-state index in [0.717, 1.165) is 39.6 Å². The first-order valence-electron chi connectivity index (χ1n) is 10.1. The van der Waals surface area contributed by atoms with Crippen LogP contribution in [0.3, 0.4) is 0 Å². The lowest BCUT2D eigenvalue weighted by Gasteiger charge is -2.37. The lowest BCUT2D eigenvalue weighted by atomic mass is 9.89. The molecule has 5 heteroatoms. The molecule has 1 aromatic heterocycles. The van der Waals surface area contributed by atoms with Gasteiger partial charge in [-0.3, -0.25) is 4.90 Å². The molecule has 4 rings (SSSR count). The summed E-state index contributed by atoms with van der Waals surface area (Å²) in [5, 5.41) is 1.14. The molecule has 0 bridgehead atoms. The number of piperidine rings is 1. The molecule has 1 saturated heterocycles. The number of aromatic amines is 1. The number of nitrogens with one attached hydrogen (secondary N) is 1. The molecule has 2 nitrogen and oxygen atoms in total. The second kappa shape index (κ2) is 7.80. The van der Waals surface area contributed by atoms with Gasteiger partial charge in [0, 0.05) is 30.8 Å². The molecule has 1 atom stereocenters. The summed E-state index contributed by atoms with van der Waals surface area (Å²) in [5.41, 5.74) is 5.28. The van der Waals surface area contributed by atoms with Gasteiger partial charge in [-0.15, -0.1) is 0 Å². The minimum absolute atomic E-state index is 0.322. The highest BCUT2D eigenvalue weighted by Crippen LogP contribution is 2.38. The standard InChI is InChI=1S/C25H25F3N2/c1-16-11-13-30(18(3)21-6-4-5-7-23(21)25(26,27)28)15-22(16)17(2)19-8-9-24-20(14-19)10-12-29-24/h4-10,12,14,18,29H,1,11,13,15H2,2-3H3/b22-17+. The van der Waals surface area contributed by atoms with Crippen molar-refractivity contribution in [2.75, 3.05) is 13.1 Å². The molecule has 3 aromatic rings. The molecule has 1 aliphatic rings. The second-order valence-corrected chi connectivity index (χ2v) is 7.97. The van der Waals surface area contributed by atoms with Crippen molar-refractivity contribution in [1.29, 1.82) is 0 Å². The highest BCUT2D eigenvalue weighted by molar-refractivity contribution is 5.85. The van der Waals surface area contributed by atoms with Crippen LogP contribution in [0.15, 0.2) is 72.5 Å². The van der Waals surface area contributed by atoms with Crippen molar-refractivity contribution in [3.8, 4) is 0 Å². The van der Waals surface area contributed by atoms with Gasteiger partial charge in [0.05, 0.1) is 5.56 Å². The number of aromatic nitrogens is 1. The summed E-state index contributed by atoms with van der Waals surface area (Å²) in [6, 6.07) is 13.9. The van der Waals surface area contributed by atoms with Gasteiger partial charge in [-0.05, 0) is 77.8 Å². The Hall–Kier alpha value is -2.79. The maximum Gasteiger partial charge on any atom is 0.416 e. The fourth-order valence-electron chi connectivity index (χ4n) is 4.31. The largest absolute Gasteiger partial charge is 0.416 e. The van der Waals surface area contributed by atoms with Gasteiger partial charge in [0.15, 0.2) is 0 Å². The number of hydrogen-bond acceptors (Lipinski definition) is 1. The van der Waals surface area contributed by atoms with Gasteiger partial charge < -0.3 is 4.98 Å². The number of nitrogens with zero attached hydrogens (tertiary/aromatic N) is 1. The third-order valence-electron chi connectivity index (χ3n) is 6.19. The van der Waals surface area contributed by atoms with E-state index in [-0.39, 0.29) is 6.04 Å². The Morgan fingerprint density at radius 2 is 1.90 bits per heavy atom. The number of benzene rings is 2. The first-order chi connectivity index (χ1) is 14.3. The summed E-state index contributed by atoms with van der Waals surface area (Å²) in [5.74, 6) is 0. The smallest absolute Gasteiger partial charge is 0.361 e. The Morgan fingerprint density at radius 3 is 2.67 bits per heavy atom. The molecule has 0 aliphatic carbocycles. The number of rotatable bonds is 3. The number of alkyl halides is 3. The summed E-state index contributed by atoms with van der Waals surface area (Å²) < 4.78 is 40.6. The maximum atomic E-state index is 13.5. The third kappa shape index (κ3) is 3.82. The summed E-state index contributed by atoms with van der Waals surface area (Å²) in [6.45, 7) is 9.46. The zero-order valence-corrected chi connectivity index (χ0v) is 17.2. The number of allylic oxidation sites excluding steroid dienone is 1. The number of fused-ring (bicyclic) bond motifs is 1. The average Bonchev–Trinajstić information content (AvgIpc) is 3.20. The molecule has 1 fully saturated rings. The lowest BCUT2D eigenvalue weighted by molar-refractivity contribution is -0.138. The SMILES string of the molecule is C=C1CCN(C(C)c2ccccc2C(F)(F)F)C/C1=C(/C)c1ccc2[nH]ccc2c1. The van der Waals surface area contributed by atoms with Gasteiger partial charge in [-0.1, -0.05) is 30.8 Å². The van der Waals surface area contributed by atoms with Gasteiger partial charge >= 0.3 is 6.18 Å². The van der Waals surface area contributed by atoms with Gasteiger partial charge in [0.25, 0.3) is 0 Å². The molecular formula is C25H25F3N2. The molecule has 2 aromatic carbocycles. The summed E-state index contributed by atoms with van der Waals surface area (Å²) in [4.78, 5) is 5.32. The van der Waals surface area contributed by atoms with E-state index < -0.39 is 11.7 Å². The van der Waals surface area contributed by atoms with Gasteiger partial charge in [-0.2, -0.15) is 13.2 Å². The van der Waals surface area contributed by atoms with Crippen LogP contribution in [0.2, 0.25) is 0 Å². The van der Waals surface area contributed by atoms with Crippen molar-refractivity contribution >= 4 is 16.5 Å². The number of H-pyrrole nitrogens is 1. The molecule has 1 aliphatic heterocycles. The monoisotopic (exact) mass is 410 g/mol. The molecule has 0 saturated carbocycles. The van der Waals surface area contributed by atoms with E-state index >= 15 is 0 Å². The quantitative estimate of drug-likeness (QED) is 0.493. The Bertz CT molecular complexity index is 1120. The first-order valence-corrected chi connectivity index (χ1v) is 10.1. The van der Waals surface area contributed by atoms with Gasteiger partial charge in [-0.25, -0.2) is 0 Å². The highest BCUT2D eigenvalue weighted by Gasteiger charge is 2.36. The topological polar surface area (TPSA) is 19.0 Å². The predicted octanol–water partition coefficient (Wildman–Crippen LogP) is 6.98. The van der Waals surface area contributed by atoms with Crippen molar-refractivity contribution in [1.82, 2.24) is 9.88 Å². The van der Waals surface area contributed by atoms with Crippen molar-refractivity contribution < 1.29 is 13.2 Å². The van der Waals surface area contributed by atoms with E-state index in [4.69, 9.17) is 0 Å². The van der Waals surface area contributed by atoms with E-state index in [1.165, 1.54) is 12.1 Å². The molecule has 2 heterocycles. The van der Waals surface area contributed by atoms with E-state index in [9.17, 15) is 13.2 Å². The van der Waals surface area contributed by atoms with E-state index in [1.54, 1.807) is 12.1 Å². The van der Waals surface area contributed by atoms with Crippen LogP contribution in [0.4, 0.5) is 13.2 Å². The molecular weight excluding hydrogens is 385 g/mol. The van der Waals surface area contributed by atoms with E-state index in [2.05, 4.69) is 41.6 Å². The van der Waals surface area contributed by atoms with E-state index in [0.29, 0.717) is 18.7 Å². The maximum absolute atomic E-state index is 13.5. The lowest BCUT2D eigenvalue weighted by Crippen LogP contribution is -2.35. The van der Waals surface area contributed by atoms with Gasteiger partial charge in [0.1, 0.15) is 0 Å². The second-order valence-electron chi connectivity index (χ2n) is 7.97. The number of halogens is 3. The summed E-state index contributed by atoms with van der Waals surface area (Å²) in [7, 11) is 0. The van der Waals surface area contributed by atoms with Gasteiger partial charge in [0.2, 0.25) is 0 Å². The molecule has 0 amide bonds. The number of likely N-dealkylation sites (tertiary alicyclic amines) is 1. The van der Waals surface area contributed by atoms with Crippen LogP contribution in [0.5, 0.6) is 0 Å². The molecule has 156 valence electrons. The van der Waals surface area contributed by atoms with Crippen molar-refractivity contribution in [3.05, 3.63) is 89.1 Å². The minimum atomic E-state index is -4.36. The van der Waals surface area contributed by atoms with Crippen LogP contribution < -0.4 is 0 Å². The highest BCUT2D eigenvalue weighted by atomic mass is 19.4.